The lowest BCUT2D eigenvalue weighted by Crippen LogP contribution is -1.98. The first-order valence-corrected chi connectivity index (χ1v) is 4.70. The van der Waals surface area contributed by atoms with Gasteiger partial charge in [0.25, 0.3) is 5.95 Å². The minimum atomic E-state index is 0.169. The molecule has 0 atom stereocenters. The van der Waals surface area contributed by atoms with E-state index in [0.717, 1.165) is 0 Å². The molecule has 0 bridgehead atoms. The molecule has 0 unspecified atom stereocenters. The number of rotatable bonds is 2. The Balaban J connectivity index is 2.53. The van der Waals surface area contributed by atoms with Gasteiger partial charge in [0.1, 0.15) is 5.15 Å². The van der Waals surface area contributed by atoms with Crippen LogP contribution in [0, 0.1) is 0 Å². The Morgan fingerprint density at radius 2 is 2.33 bits per heavy atom. The Bertz CT molecular complexity index is 518. The zero-order chi connectivity index (χ0) is 10.7. The maximum absolute atomic E-state index is 5.79. The van der Waals surface area contributed by atoms with E-state index in [1.165, 1.54) is 0 Å². The molecular weight excluding hydrogens is 234 g/mol. The highest BCUT2D eigenvalue weighted by molar-refractivity contribution is 7.78. The summed E-state index contributed by atoms with van der Waals surface area (Å²) < 4.78 is 1.55. The highest BCUT2D eigenvalue weighted by Crippen LogP contribution is 2.14. The van der Waals surface area contributed by atoms with Crippen molar-refractivity contribution >= 4 is 34.9 Å². The lowest BCUT2D eigenvalue weighted by Gasteiger charge is -2.00. The highest BCUT2D eigenvalue weighted by Gasteiger charge is 2.03. The molecule has 0 aliphatic heterocycles. The summed E-state index contributed by atoms with van der Waals surface area (Å²) in [4.78, 5) is 11.6. The molecule has 0 aromatic carbocycles. The normalized spacial score (nSPS) is 9.67. The van der Waals surface area contributed by atoms with Gasteiger partial charge in [-0.25, -0.2) is 4.68 Å². The monoisotopic (exact) mass is 237 g/mol. The third-order valence-electron chi connectivity index (χ3n) is 1.55. The number of hydrogen-bond donors (Lipinski definition) is 0. The predicted octanol–water partition coefficient (Wildman–Crippen LogP) is 2.05. The van der Waals surface area contributed by atoms with E-state index in [9.17, 15) is 0 Å². The SMILES string of the molecule is S=C=Nc1nc(Cl)cc(-n2cccn2)n1. The molecule has 7 heteroatoms. The minimum absolute atomic E-state index is 0.169. The molecule has 15 heavy (non-hydrogen) atoms. The molecule has 0 aliphatic rings. The molecule has 74 valence electrons. The molecule has 0 amide bonds. The molecule has 0 aliphatic carbocycles. The van der Waals surface area contributed by atoms with Crippen LogP contribution in [-0.4, -0.2) is 24.9 Å². The van der Waals surface area contributed by atoms with Crippen molar-refractivity contribution < 1.29 is 0 Å². The quantitative estimate of drug-likeness (QED) is 0.456. The molecule has 2 rings (SSSR count). The van der Waals surface area contributed by atoms with Crippen molar-refractivity contribution in [1.82, 2.24) is 19.7 Å². The van der Waals surface area contributed by atoms with E-state index in [1.54, 1.807) is 29.2 Å². The van der Waals surface area contributed by atoms with Crippen LogP contribution in [-0.2, 0) is 0 Å². The molecular formula is C8H4ClN5S. The summed E-state index contributed by atoms with van der Waals surface area (Å²) in [6.07, 6.45) is 3.38. The van der Waals surface area contributed by atoms with Crippen molar-refractivity contribution in [2.45, 2.75) is 0 Å². The fourth-order valence-corrected chi connectivity index (χ4v) is 1.26. The van der Waals surface area contributed by atoms with E-state index in [0.29, 0.717) is 5.82 Å². The van der Waals surface area contributed by atoms with E-state index in [-0.39, 0.29) is 11.1 Å². The maximum Gasteiger partial charge on any atom is 0.261 e. The van der Waals surface area contributed by atoms with Gasteiger partial charge in [0.05, 0.1) is 5.16 Å². The molecule has 0 saturated carbocycles. The number of hydrogen-bond acceptors (Lipinski definition) is 5. The number of aliphatic imine (C=N–C) groups is 1. The molecule has 0 N–H and O–H groups in total. The fraction of sp³-hybridized carbons (Fsp3) is 0. The minimum Gasteiger partial charge on any atom is -0.222 e. The van der Waals surface area contributed by atoms with E-state index in [1.807, 2.05) is 0 Å². The first-order chi connectivity index (χ1) is 7.29. The molecule has 0 saturated heterocycles. The summed E-state index contributed by atoms with van der Waals surface area (Å²) in [5, 5.41) is 6.46. The Morgan fingerprint density at radius 1 is 1.47 bits per heavy atom. The number of aromatic nitrogens is 4. The number of nitrogens with zero attached hydrogens (tertiary/aromatic N) is 5. The first kappa shape index (κ1) is 9.92. The van der Waals surface area contributed by atoms with Crippen LogP contribution < -0.4 is 0 Å². The largest absolute Gasteiger partial charge is 0.261 e. The van der Waals surface area contributed by atoms with Crippen LogP contribution in [0.5, 0.6) is 0 Å². The molecule has 2 aromatic heterocycles. The maximum atomic E-state index is 5.79. The summed E-state index contributed by atoms with van der Waals surface area (Å²) in [5.41, 5.74) is 0. The van der Waals surface area contributed by atoms with E-state index in [2.05, 4.69) is 37.4 Å². The van der Waals surface area contributed by atoms with Crippen molar-refractivity contribution in [3.63, 3.8) is 0 Å². The van der Waals surface area contributed by atoms with Gasteiger partial charge in [-0.05, 0) is 18.3 Å². The lowest BCUT2D eigenvalue weighted by molar-refractivity contribution is 0.840. The van der Waals surface area contributed by atoms with E-state index in [4.69, 9.17) is 11.6 Å². The lowest BCUT2D eigenvalue weighted by atomic mass is 10.6. The zero-order valence-electron chi connectivity index (χ0n) is 7.33. The Kier molecular flexibility index (Phi) is 2.82. The summed E-state index contributed by atoms with van der Waals surface area (Å²) in [6, 6.07) is 3.36. The summed E-state index contributed by atoms with van der Waals surface area (Å²) in [5.74, 6) is 0.701. The second-order valence-electron chi connectivity index (χ2n) is 2.50. The number of isothiocyanates is 1. The van der Waals surface area contributed by atoms with Crippen molar-refractivity contribution in [2.75, 3.05) is 0 Å². The smallest absolute Gasteiger partial charge is 0.222 e. The van der Waals surface area contributed by atoms with E-state index < -0.39 is 0 Å². The van der Waals surface area contributed by atoms with Crippen LogP contribution in [0.2, 0.25) is 5.15 Å². The van der Waals surface area contributed by atoms with Crippen molar-refractivity contribution in [3.8, 4) is 5.82 Å². The second kappa shape index (κ2) is 4.27. The standard InChI is InChI=1S/C8H4ClN5S/c9-6-4-7(14-3-1-2-11-14)13-8(12-6)10-5-15/h1-4H. The van der Waals surface area contributed by atoms with Crippen LogP contribution >= 0.6 is 23.8 Å². The summed E-state index contributed by atoms with van der Waals surface area (Å²) in [7, 11) is 0. The van der Waals surface area contributed by atoms with Gasteiger partial charge in [-0.2, -0.15) is 20.1 Å². The average molecular weight is 238 g/mol. The Hall–Kier alpha value is -1.62. The van der Waals surface area contributed by atoms with Gasteiger partial charge in [-0.1, -0.05) is 11.6 Å². The van der Waals surface area contributed by atoms with Crippen LogP contribution in [0.25, 0.3) is 5.82 Å². The van der Waals surface area contributed by atoms with Gasteiger partial charge in [0, 0.05) is 18.5 Å². The van der Waals surface area contributed by atoms with Gasteiger partial charge >= 0.3 is 0 Å². The van der Waals surface area contributed by atoms with Gasteiger partial charge in [-0.15, -0.1) is 0 Å². The summed E-state index contributed by atoms with van der Waals surface area (Å²) in [6.45, 7) is 0. The fourth-order valence-electron chi connectivity index (χ4n) is 1.01. The number of halogens is 1. The van der Waals surface area contributed by atoms with Gasteiger partial charge < -0.3 is 0 Å². The zero-order valence-corrected chi connectivity index (χ0v) is 8.90. The molecule has 0 radical (unpaired) electrons. The highest BCUT2D eigenvalue weighted by atomic mass is 35.5. The first-order valence-electron chi connectivity index (χ1n) is 3.92. The van der Waals surface area contributed by atoms with Crippen molar-refractivity contribution in [2.24, 2.45) is 4.99 Å². The van der Waals surface area contributed by atoms with Crippen molar-refractivity contribution in [1.29, 1.82) is 0 Å². The van der Waals surface area contributed by atoms with Gasteiger partial charge in [0.15, 0.2) is 5.82 Å². The molecule has 0 spiro atoms. The van der Waals surface area contributed by atoms with Gasteiger partial charge in [-0.3, -0.25) is 0 Å². The average Bonchev–Trinajstić information content (AvgIpc) is 2.70. The Morgan fingerprint density at radius 3 is 3.00 bits per heavy atom. The molecule has 5 nitrogen and oxygen atoms in total. The third kappa shape index (κ3) is 2.24. The Labute approximate surface area is 95.5 Å². The third-order valence-corrected chi connectivity index (χ3v) is 1.84. The topological polar surface area (TPSA) is 56.0 Å². The van der Waals surface area contributed by atoms with Gasteiger partial charge in [0.2, 0.25) is 0 Å². The van der Waals surface area contributed by atoms with Crippen molar-refractivity contribution in [3.05, 3.63) is 29.7 Å². The summed E-state index contributed by atoms with van der Waals surface area (Å²) >= 11 is 10.2. The molecule has 0 fully saturated rings. The van der Waals surface area contributed by atoms with E-state index >= 15 is 0 Å². The van der Waals surface area contributed by atoms with Crippen LogP contribution in [0.15, 0.2) is 29.5 Å². The predicted molar refractivity (Wildman–Crippen MR) is 58.9 cm³/mol. The number of thiocarbonyl (C=S) groups is 1. The molecule has 2 aromatic rings. The van der Waals surface area contributed by atoms with Crippen LogP contribution in [0.4, 0.5) is 5.95 Å². The second-order valence-corrected chi connectivity index (χ2v) is 3.07. The molecule has 2 heterocycles. The van der Waals surface area contributed by atoms with Crippen LogP contribution in [0.1, 0.15) is 0 Å². The van der Waals surface area contributed by atoms with Crippen LogP contribution in [0.3, 0.4) is 0 Å².